The average molecular weight is 336 g/mol. The summed E-state index contributed by atoms with van der Waals surface area (Å²) in [6.07, 6.45) is -0.861. The Morgan fingerprint density at radius 1 is 1.33 bits per heavy atom. The zero-order valence-corrected chi connectivity index (χ0v) is 13.9. The quantitative estimate of drug-likeness (QED) is 0.615. The third-order valence-electron chi connectivity index (χ3n) is 4.02. The SMILES string of the molecule is C/C(=N/OC[C@@H](O)CN1CCOCC1)[C@@H]1COc2ccccc2O1. The molecular formula is C17H24N2O5. The van der Waals surface area contributed by atoms with Crippen LogP contribution in [-0.4, -0.2) is 74.0 Å². The van der Waals surface area contributed by atoms with Gasteiger partial charge in [0.05, 0.1) is 18.9 Å². The molecule has 2 aliphatic rings. The van der Waals surface area contributed by atoms with Gasteiger partial charge < -0.3 is 24.2 Å². The Balaban J connectivity index is 1.43. The molecule has 2 heterocycles. The first-order chi connectivity index (χ1) is 11.7. The largest absolute Gasteiger partial charge is 0.485 e. The van der Waals surface area contributed by atoms with Crippen LogP contribution in [0.1, 0.15) is 6.92 Å². The molecule has 2 atom stereocenters. The van der Waals surface area contributed by atoms with Gasteiger partial charge in [-0.15, -0.1) is 0 Å². The van der Waals surface area contributed by atoms with Gasteiger partial charge in [0.2, 0.25) is 0 Å². The van der Waals surface area contributed by atoms with Crippen molar-refractivity contribution in [1.82, 2.24) is 4.90 Å². The fourth-order valence-corrected chi connectivity index (χ4v) is 2.64. The molecular weight excluding hydrogens is 312 g/mol. The van der Waals surface area contributed by atoms with Crippen LogP contribution in [0.15, 0.2) is 29.4 Å². The van der Waals surface area contributed by atoms with Gasteiger partial charge in [0, 0.05) is 19.6 Å². The summed E-state index contributed by atoms with van der Waals surface area (Å²) < 4.78 is 16.8. The number of oxime groups is 1. The molecule has 1 aromatic carbocycles. The highest BCUT2D eigenvalue weighted by molar-refractivity contribution is 5.86. The predicted molar refractivity (Wildman–Crippen MR) is 88.7 cm³/mol. The molecule has 1 fully saturated rings. The Morgan fingerprint density at radius 2 is 2.08 bits per heavy atom. The van der Waals surface area contributed by atoms with E-state index in [0.717, 1.165) is 18.8 Å². The molecule has 1 aromatic rings. The number of aliphatic hydroxyl groups excluding tert-OH is 1. The number of aliphatic hydroxyl groups is 1. The number of ether oxygens (including phenoxy) is 3. The number of morpholine rings is 1. The van der Waals surface area contributed by atoms with Gasteiger partial charge in [0.1, 0.15) is 19.3 Å². The van der Waals surface area contributed by atoms with Crippen molar-refractivity contribution in [2.75, 3.05) is 46.1 Å². The number of fused-ring (bicyclic) bond motifs is 1. The second-order valence-corrected chi connectivity index (χ2v) is 5.96. The van der Waals surface area contributed by atoms with Crippen LogP contribution < -0.4 is 9.47 Å². The molecule has 7 nitrogen and oxygen atoms in total. The predicted octanol–water partition coefficient (Wildman–Crippen LogP) is 0.912. The molecule has 0 aliphatic carbocycles. The third kappa shape index (κ3) is 4.59. The molecule has 0 spiro atoms. The van der Waals surface area contributed by atoms with Crippen molar-refractivity contribution in [2.45, 2.75) is 19.1 Å². The van der Waals surface area contributed by atoms with Crippen LogP contribution in [-0.2, 0) is 9.57 Å². The minimum Gasteiger partial charge on any atom is -0.485 e. The first-order valence-electron chi connectivity index (χ1n) is 8.25. The van der Waals surface area contributed by atoms with Crippen molar-refractivity contribution < 1.29 is 24.2 Å². The van der Waals surface area contributed by atoms with Gasteiger partial charge >= 0.3 is 0 Å². The lowest BCUT2D eigenvalue weighted by molar-refractivity contribution is -0.0137. The van der Waals surface area contributed by atoms with Gasteiger partial charge in [-0.25, -0.2) is 0 Å². The number of para-hydroxylation sites is 2. The van der Waals surface area contributed by atoms with E-state index in [4.69, 9.17) is 19.0 Å². The summed E-state index contributed by atoms with van der Waals surface area (Å²) in [6, 6.07) is 7.54. The van der Waals surface area contributed by atoms with E-state index in [-0.39, 0.29) is 12.7 Å². The van der Waals surface area contributed by atoms with E-state index in [1.54, 1.807) is 0 Å². The molecule has 0 bridgehead atoms. The number of hydrogen-bond donors (Lipinski definition) is 1. The van der Waals surface area contributed by atoms with E-state index in [2.05, 4.69) is 10.1 Å². The molecule has 0 amide bonds. The van der Waals surface area contributed by atoms with E-state index in [9.17, 15) is 5.11 Å². The van der Waals surface area contributed by atoms with E-state index < -0.39 is 6.10 Å². The van der Waals surface area contributed by atoms with Crippen molar-refractivity contribution in [3.8, 4) is 11.5 Å². The van der Waals surface area contributed by atoms with Crippen molar-refractivity contribution in [3.63, 3.8) is 0 Å². The molecule has 1 saturated heterocycles. The maximum Gasteiger partial charge on any atom is 0.174 e. The Bertz CT molecular complexity index is 560. The summed E-state index contributed by atoms with van der Waals surface area (Å²) in [5.74, 6) is 1.44. The lowest BCUT2D eigenvalue weighted by atomic mass is 10.2. The summed E-state index contributed by atoms with van der Waals surface area (Å²) in [4.78, 5) is 7.44. The van der Waals surface area contributed by atoms with Crippen molar-refractivity contribution in [2.24, 2.45) is 5.16 Å². The molecule has 3 rings (SSSR count). The van der Waals surface area contributed by atoms with Crippen LogP contribution in [0, 0.1) is 0 Å². The van der Waals surface area contributed by atoms with Crippen LogP contribution in [0.3, 0.4) is 0 Å². The molecule has 7 heteroatoms. The first kappa shape index (κ1) is 17.0. The number of benzene rings is 1. The lowest BCUT2D eigenvalue weighted by Gasteiger charge is -2.28. The normalized spacial score (nSPS) is 22.9. The Morgan fingerprint density at radius 3 is 2.88 bits per heavy atom. The monoisotopic (exact) mass is 336 g/mol. The topological polar surface area (TPSA) is 72.8 Å². The molecule has 2 aliphatic heterocycles. The molecule has 0 unspecified atom stereocenters. The third-order valence-corrected chi connectivity index (χ3v) is 4.02. The van der Waals surface area contributed by atoms with Crippen molar-refractivity contribution in [1.29, 1.82) is 0 Å². The average Bonchev–Trinajstić information content (AvgIpc) is 2.62. The maximum absolute atomic E-state index is 10.0. The van der Waals surface area contributed by atoms with Crippen LogP contribution in [0.2, 0.25) is 0 Å². The lowest BCUT2D eigenvalue weighted by Crippen LogP contribution is -2.42. The second kappa shape index (κ2) is 8.32. The molecule has 0 saturated carbocycles. The van der Waals surface area contributed by atoms with Crippen LogP contribution in [0.5, 0.6) is 11.5 Å². The van der Waals surface area contributed by atoms with Crippen molar-refractivity contribution in [3.05, 3.63) is 24.3 Å². The van der Waals surface area contributed by atoms with E-state index in [0.29, 0.717) is 37.8 Å². The van der Waals surface area contributed by atoms with E-state index >= 15 is 0 Å². The summed E-state index contributed by atoms with van der Waals surface area (Å²) >= 11 is 0. The number of β-amino-alcohol motifs (C(OH)–C–C–N with tert-alkyl or cyclic N) is 1. The zero-order chi connectivity index (χ0) is 16.8. The maximum atomic E-state index is 10.0. The van der Waals surface area contributed by atoms with Crippen LogP contribution in [0.4, 0.5) is 0 Å². The summed E-state index contributed by atoms with van der Waals surface area (Å²) in [5, 5.41) is 14.1. The van der Waals surface area contributed by atoms with Gasteiger partial charge in [-0.2, -0.15) is 0 Å². The van der Waals surface area contributed by atoms with Gasteiger partial charge in [-0.1, -0.05) is 17.3 Å². The number of hydrogen-bond acceptors (Lipinski definition) is 7. The Kier molecular flexibility index (Phi) is 5.90. The number of nitrogens with zero attached hydrogens (tertiary/aromatic N) is 2. The first-order valence-corrected chi connectivity index (χ1v) is 8.25. The van der Waals surface area contributed by atoms with E-state index in [1.807, 2.05) is 31.2 Å². The fourth-order valence-electron chi connectivity index (χ4n) is 2.64. The molecule has 24 heavy (non-hydrogen) atoms. The van der Waals surface area contributed by atoms with Gasteiger partial charge in [-0.3, -0.25) is 4.90 Å². The summed E-state index contributed by atoms with van der Waals surface area (Å²) in [6.45, 7) is 6.05. The van der Waals surface area contributed by atoms with Crippen molar-refractivity contribution >= 4 is 5.71 Å². The highest BCUT2D eigenvalue weighted by Crippen LogP contribution is 2.31. The molecule has 1 N–H and O–H groups in total. The van der Waals surface area contributed by atoms with Crippen LogP contribution >= 0.6 is 0 Å². The molecule has 0 aromatic heterocycles. The van der Waals surface area contributed by atoms with Gasteiger partial charge in [0.15, 0.2) is 17.6 Å². The number of rotatable bonds is 6. The summed E-state index contributed by atoms with van der Waals surface area (Å²) in [5.41, 5.74) is 0.683. The minimum atomic E-state index is -0.580. The van der Waals surface area contributed by atoms with Gasteiger partial charge in [0.25, 0.3) is 0 Å². The highest BCUT2D eigenvalue weighted by atomic mass is 16.6. The van der Waals surface area contributed by atoms with Crippen LogP contribution in [0.25, 0.3) is 0 Å². The zero-order valence-electron chi connectivity index (χ0n) is 13.9. The van der Waals surface area contributed by atoms with E-state index in [1.165, 1.54) is 0 Å². The Labute approximate surface area is 141 Å². The molecule has 132 valence electrons. The molecule has 0 radical (unpaired) electrons. The highest BCUT2D eigenvalue weighted by Gasteiger charge is 2.23. The van der Waals surface area contributed by atoms with Gasteiger partial charge in [-0.05, 0) is 19.1 Å². The fraction of sp³-hybridized carbons (Fsp3) is 0.588. The Hall–Kier alpha value is -1.83. The minimum absolute atomic E-state index is 0.152. The standard InChI is InChI=1S/C17H24N2O5/c1-13(17-12-22-15-4-2-3-5-16(15)24-17)18-23-11-14(20)10-19-6-8-21-9-7-19/h2-5,14,17,20H,6-12H2,1H3/b18-13-/t14-,17-/m0/s1. The summed E-state index contributed by atoms with van der Waals surface area (Å²) in [7, 11) is 0. The second-order valence-electron chi connectivity index (χ2n) is 5.96. The smallest absolute Gasteiger partial charge is 0.174 e.